The second-order valence-corrected chi connectivity index (χ2v) is 11.6. The van der Waals surface area contributed by atoms with Crippen molar-refractivity contribution in [1.82, 2.24) is 0 Å². The number of benzene rings is 2. The highest BCUT2D eigenvalue weighted by Gasteiger charge is 2.74. The molecule has 224 valence electrons. The van der Waals surface area contributed by atoms with E-state index in [2.05, 4.69) is 0 Å². The van der Waals surface area contributed by atoms with E-state index < -0.39 is 25.9 Å². The van der Waals surface area contributed by atoms with Gasteiger partial charge >= 0.3 is 27.9 Å². The van der Waals surface area contributed by atoms with Gasteiger partial charge in [-0.05, 0) is 38.1 Å². The molecule has 3 aliphatic rings. The maximum Gasteiger partial charge on any atom is 0.402 e. The molecule has 2 saturated heterocycles. The largest absolute Gasteiger partial charge is 0.497 e. The molecule has 0 saturated carbocycles. The van der Waals surface area contributed by atoms with Gasteiger partial charge in [-0.2, -0.15) is 17.5 Å². The van der Waals surface area contributed by atoms with Crippen LogP contribution in [-0.4, -0.2) is 56.1 Å². The Morgan fingerprint density at radius 1 is 1.07 bits per heavy atom. The third-order valence-corrected chi connectivity index (χ3v) is 8.94. The normalized spacial score (nSPS) is 24.0. The van der Waals surface area contributed by atoms with Crippen LogP contribution in [0.25, 0.3) is 17.2 Å². The lowest BCUT2D eigenvalue weighted by molar-refractivity contribution is -0.721. The van der Waals surface area contributed by atoms with E-state index in [9.17, 15) is 17.8 Å². The maximum atomic E-state index is 13.1. The Morgan fingerprint density at radius 2 is 1.81 bits per heavy atom. The number of cyclic esters (lactones) is 1. The molecule has 3 aromatic rings. The van der Waals surface area contributed by atoms with Crippen molar-refractivity contribution in [3.8, 4) is 17.2 Å². The highest BCUT2D eigenvalue weighted by atomic mass is 32.2. The Bertz CT molecular complexity index is 1870. The number of aryl methyl sites for hydroxylation is 1. The lowest BCUT2D eigenvalue weighted by Crippen LogP contribution is -2.33. The van der Waals surface area contributed by atoms with E-state index in [4.69, 9.17) is 23.4 Å². The van der Waals surface area contributed by atoms with E-state index in [-0.39, 0.29) is 18.1 Å². The zero-order chi connectivity index (χ0) is 30.5. The molecule has 1 spiro atoms. The number of anilines is 1. The second kappa shape index (κ2) is 10.6. The number of carbonyl (C=O) groups is 1. The number of nitrogens with zero attached hydrogens (tertiary/aromatic N) is 3. The predicted octanol–water partition coefficient (Wildman–Crippen LogP) is 3.86. The van der Waals surface area contributed by atoms with Gasteiger partial charge in [-0.3, -0.25) is 4.55 Å². The van der Waals surface area contributed by atoms with Gasteiger partial charge in [0.1, 0.15) is 18.0 Å². The molecule has 6 rings (SSSR count). The van der Waals surface area contributed by atoms with Crippen molar-refractivity contribution >= 4 is 39.0 Å². The van der Waals surface area contributed by atoms with Crippen molar-refractivity contribution in [2.24, 2.45) is 0 Å². The monoisotopic (exact) mass is 609 g/mol. The van der Waals surface area contributed by atoms with E-state index in [0.29, 0.717) is 47.7 Å². The standard InChI is InChI=1S/C30H30N3O9S/c1-5-31-21-12-10-19(38-3)16-24(21)40-26(31)8-7-9-28-33(18-29(33)43(35,36)37)23(30(34)42-28)14-15-27-32(6-2)22-13-11-20(39-4)17-25(22)41-27/h7-17,29H,5-6,18H2,1-4H3/q+1/p+1. The molecule has 2 fully saturated rings. The van der Waals surface area contributed by atoms with E-state index >= 15 is 0 Å². The molecule has 13 heteroatoms. The Hall–Kier alpha value is -4.59. The third kappa shape index (κ3) is 4.75. The first-order valence-corrected chi connectivity index (χ1v) is 15.2. The number of aromatic nitrogens is 1. The van der Waals surface area contributed by atoms with Gasteiger partial charge in [0.2, 0.25) is 17.2 Å². The highest BCUT2D eigenvalue weighted by Crippen LogP contribution is 2.51. The Labute approximate surface area is 248 Å². The topological polar surface area (TPSA) is 129 Å². The zero-order valence-corrected chi connectivity index (χ0v) is 24.8. The van der Waals surface area contributed by atoms with E-state index in [0.717, 1.165) is 11.2 Å². The minimum absolute atomic E-state index is 0.0578. The summed E-state index contributed by atoms with van der Waals surface area (Å²) in [6.45, 7) is 5.08. The zero-order valence-electron chi connectivity index (χ0n) is 24.0. The van der Waals surface area contributed by atoms with Crippen LogP contribution in [0.1, 0.15) is 19.7 Å². The summed E-state index contributed by atoms with van der Waals surface area (Å²) in [4.78, 5) is 15.0. The first-order valence-electron chi connectivity index (χ1n) is 13.7. The minimum atomic E-state index is -4.50. The van der Waals surface area contributed by atoms with Crippen LogP contribution < -0.4 is 23.7 Å². The van der Waals surface area contributed by atoms with Gasteiger partial charge in [-0.15, -0.1) is 0 Å². The number of carbonyl (C=O) groups excluding carboxylic acids is 1. The first kappa shape index (κ1) is 28.5. The summed E-state index contributed by atoms with van der Waals surface area (Å²) in [5.74, 6) is 2.21. The molecule has 4 heterocycles. The molecule has 0 aliphatic carbocycles. The number of rotatable bonds is 8. The summed E-state index contributed by atoms with van der Waals surface area (Å²) < 4.78 is 64.2. The van der Waals surface area contributed by atoms with Crippen molar-refractivity contribution < 1.29 is 50.2 Å². The van der Waals surface area contributed by atoms with E-state index in [1.165, 1.54) is 12.2 Å². The van der Waals surface area contributed by atoms with Crippen LogP contribution in [0, 0.1) is 0 Å². The molecule has 0 bridgehead atoms. The number of methoxy groups -OCH3 is 2. The molecule has 0 amide bonds. The van der Waals surface area contributed by atoms with Gasteiger partial charge in [-0.1, -0.05) is 0 Å². The molecular weight excluding hydrogens is 578 g/mol. The summed E-state index contributed by atoms with van der Waals surface area (Å²) in [6.07, 6.45) is 7.90. The van der Waals surface area contributed by atoms with Gasteiger partial charge < -0.3 is 28.3 Å². The fourth-order valence-electron chi connectivity index (χ4n) is 5.57. The average Bonchev–Trinajstić information content (AvgIpc) is 3.40. The van der Waals surface area contributed by atoms with Crippen LogP contribution in [0.15, 0.2) is 82.6 Å². The molecular formula is C30H31N3O9S+2. The molecule has 1 N–H and O–H groups in total. The molecule has 43 heavy (non-hydrogen) atoms. The van der Waals surface area contributed by atoms with Crippen LogP contribution in [0.5, 0.6) is 17.2 Å². The lowest BCUT2D eigenvalue weighted by Gasteiger charge is -2.15. The summed E-state index contributed by atoms with van der Waals surface area (Å²) in [5, 5.41) is -1.28. The van der Waals surface area contributed by atoms with Gasteiger partial charge in [-0.25, -0.2) is 4.79 Å². The third-order valence-electron chi connectivity index (χ3n) is 7.75. The SMILES string of the molecule is CCN1C(=CC=C2C(=O)OC(=CC=Cc3oc4cc(OC)ccc4[n+]3CC)[N+]23CC3S(=O)(=O)O)Oc2cc(OC)ccc21. The number of allylic oxidation sites excluding steroid dienone is 4. The molecule has 1 aromatic heterocycles. The van der Waals surface area contributed by atoms with Crippen molar-refractivity contribution in [2.45, 2.75) is 25.8 Å². The number of oxazole rings is 1. The van der Waals surface area contributed by atoms with Crippen LogP contribution >= 0.6 is 0 Å². The highest BCUT2D eigenvalue weighted by molar-refractivity contribution is 7.86. The van der Waals surface area contributed by atoms with Crippen molar-refractivity contribution in [1.29, 1.82) is 0 Å². The number of hydrogen-bond donors (Lipinski definition) is 1. The minimum Gasteiger partial charge on any atom is -0.497 e. The van der Waals surface area contributed by atoms with Gasteiger partial charge in [0.05, 0.1) is 26.0 Å². The van der Waals surface area contributed by atoms with Gasteiger partial charge in [0.25, 0.3) is 10.9 Å². The van der Waals surface area contributed by atoms with Crippen molar-refractivity contribution in [3.05, 3.63) is 84.1 Å². The van der Waals surface area contributed by atoms with Crippen LogP contribution in [0.3, 0.4) is 0 Å². The second-order valence-electron chi connectivity index (χ2n) is 10.0. The summed E-state index contributed by atoms with van der Waals surface area (Å²) >= 11 is 0. The fraction of sp³-hybridized carbons (Fsp3) is 0.267. The van der Waals surface area contributed by atoms with Gasteiger partial charge in [0, 0.05) is 43.0 Å². The molecule has 2 aromatic carbocycles. The average molecular weight is 610 g/mol. The Kier molecular flexibility index (Phi) is 7.03. The lowest BCUT2D eigenvalue weighted by atomic mass is 10.2. The van der Waals surface area contributed by atoms with E-state index in [1.54, 1.807) is 44.6 Å². The molecule has 0 radical (unpaired) electrons. The smallest absolute Gasteiger partial charge is 0.402 e. The van der Waals surface area contributed by atoms with Crippen LogP contribution in [0.4, 0.5) is 5.69 Å². The molecule has 2 unspecified atom stereocenters. The molecule has 2 atom stereocenters. The maximum absolute atomic E-state index is 13.1. The number of hydrogen-bond acceptors (Lipinski definition) is 9. The van der Waals surface area contributed by atoms with Gasteiger partial charge in [0.15, 0.2) is 12.3 Å². The van der Waals surface area contributed by atoms with Crippen molar-refractivity contribution in [2.75, 3.05) is 32.2 Å². The fourth-order valence-corrected chi connectivity index (χ4v) is 6.67. The summed E-state index contributed by atoms with van der Waals surface area (Å²) in [6, 6.07) is 11.0. The molecule has 3 aliphatic heterocycles. The molecule has 12 nitrogen and oxygen atoms in total. The van der Waals surface area contributed by atoms with Crippen LogP contribution in [-0.2, 0) is 26.2 Å². The number of esters is 1. The van der Waals surface area contributed by atoms with Crippen LogP contribution in [0.2, 0.25) is 0 Å². The number of fused-ring (bicyclic) bond motifs is 2. The predicted molar refractivity (Wildman–Crippen MR) is 155 cm³/mol. The Balaban J connectivity index is 1.34. The first-order chi connectivity index (χ1) is 20.6. The summed E-state index contributed by atoms with van der Waals surface area (Å²) in [7, 11) is -1.36. The number of ether oxygens (including phenoxy) is 4. The number of quaternary nitrogens is 1. The quantitative estimate of drug-likeness (QED) is 0.100. The Morgan fingerprint density at radius 3 is 2.49 bits per heavy atom. The summed E-state index contributed by atoms with van der Waals surface area (Å²) in [5.41, 5.74) is 2.39. The van der Waals surface area contributed by atoms with Crippen molar-refractivity contribution in [3.63, 3.8) is 0 Å². The van der Waals surface area contributed by atoms with E-state index in [1.807, 2.05) is 47.6 Å².